The van der Waals surface area contributed by atoms with E-state index in [2.05, 4.69) is 4.98 Å². The summed E-state index contributed by atoms with van der Waals surface area (Å²) in [7, 11) is 0. The molecular formula is C10H14N2OS. The number of nitrogens with zero attached hydrogens (tertiary/aromatic N) is 1. The fourth-order valence-electron chi connectivity index (χ4n) is 1.97. The van der Waals surface area contributed by atoms with E-state index in [9.17, 15) is 4.79 Å². The van der Waals surface area contributed by atoms with Crippen molar-refractivity contribution in [2.45, 2.75) is 32.2 Å². The Kier molecular flexibility index (Phi) is 2.65. The zero-order chi connectivity index (χ0) is 10.1. The van der Waals surface area contributed by atoms with Gasteiger partial charge in [-0.15, -0.1) is 11.3 Å². The first-order valence-corrected chi connectivity index (χ1v) is 5.72. The normalized spacial score (nSPS) is 26.7. The summed E-state index contributed by atoms with van der Waals surface area (Å²) in [5.74, 6) is 0.232. The van der Waals surface area contributed by atoms with E-state index >= 15 is 0 Å². The van der Waals surface area contributed by atoms with E-state index in [4.69, 9.17) is 5.73 Å². The molecule has 0 saturated heterocycles. The van der Waals surface area contributed by atoms with Gasteiger partial charge in [0.25, 0.3) is 0 Å². The van der Waals surface area contributed by atoms with Gasteiger partial charge in [0.05, 0.1) is 9.88 Å². The molecule has 2 N–H and O–H groups in total. The third kappa shape index (κ3) is 1.72. The number of carbonyl (C=O) groups excluding carboxylic acids is 1. The lowest BCUT2D eigenvalue weighted by atomic mass is 9.98. The second-order valence-electron chi connectivity index (χ2n) is 3.81. The Balaban J connectivity index is 2.15. The summed E-state index contributed by atoms with van der Waals surface area (Å²) in [6.07, 6.45) is 4.67. The zero-order valence-corrected chi connectivity index (χ0v) is 9.01. The molecule has 0 aromatic carbocycles. The first-order chi connectivity index (χ1) is 6.68. The summed E-state index contributed by atoms with van der Waals surface area (Å²) in [6, 6.07) is 0.0601. The van der Waals surface area contributed by atoms with Gasteiger partial charge in [0.1, 0.15) is 0 Å². The molecule has 14 heavy (non-hydrogen) atoms. The first-order valence-electron chi connectivity index (χ1n) is 4.90. The van der Waals surface area contributed by atoms with Crippen LogP contribution in [0.1, 0.15) is 33.9 Å². The van der Waals surface area contributed by atoms with E-state index in [0.29, 0.717) is 0 Å². The zero-order valence-electron chi connectivity index (χ0n) is 8.19. The molecule has 1 aliphatic rings. The lowest BCUT2D eigenvalue weighted by Crippen LogP contribution is -2.30. The van der Waals surface area contributed by atoms with Crippen molar-refractivity contribution in [1.82, 2.24) is 4.98 Å². The van der Waals surface area contributed by atoms with E-state index in [-0.39, 0.29) is 17.7 Å². The topological polar surface area (TPSA) is 56.0 Å². The summed E-state index contributed by atoms with van der Waals surface area (Å²) in [6.45, 7) is 1.91. The van der Waals surface area contributed by atoms with Crippen LogP contribution in [-0.4, -0.2) is 16.8 Å². The number of thiazole rings is 1. The molecule has 1 saturated carbocycles. The molecule has 3 nitrogen and oxygen atoms in total. The summed E-state index contributed by atoms with van der Waals surface area (Å²) in [5.41, 5.74) is 5.89. The van der Waals surface area contributed by atoms with Gasteiger partial charge in [-0.25, -0.2) is 4.98 Å². The molecule has 0 amide bonds. The van der Waals surface area contributed by atoms with Crippen LogP contribution in [0.15, 0.2) is 6.20 Å². The van der Waals surface area contributed by atoms with Crippen molar-refractivity contribution in [1.29, 1.82) is 0 Å². The maximum Gasteiger partial charge on any atom is 0.179 e. The number of ketones is 1. The number of nitrogens with two attached hydrogens (primary N) is 1. The van der Waals surface area contributed by atoms with Crippen molar-refractivity contribution >= 4 is 17.1 Å². The Morgan fingerprint density at radius 3 is 2.93 bits per heavy atom. The number of carbonyl (C=O) groups is 1. The molecule has 1 heterocycles. The van der Waals surface area contributed by atoms with Gasteiger partial charge >= 0.3 is 0 Å². The smallest absolute Gasteiger partial charge is 0.179 e. The molecule has 4 heteroatoms. The van der Waals surface area contributed by atoms with Crippen LogP contribution >= 0.6 is 11.3 Å². The van der Waals surface area contributed by atoms with Crippen LogP contribution in [0.25, 0.3) is 0 Å². The van der Waals surface area contributed by atoms with Gasteiger partial charge in [-0.1, -0.05) is 6.42 Å². The number of aryl methyl sites for hydroxylation is 1. The minimum Gasteiger partial charge on any atom is -0.327 e. The number of Topliss-reactive ketones (excluding diaryl/α,β-unsaturated/α-hetero) is 1. The molecule has 1 aliphatic carbocycles. The van der Waals surface area contributed by atoms with Gasteiger partial charge in [-0.05, 0) is 19.8 Å². The van der Waals surface area contributed by atoms with Crippen LogP contribution < -0.4 is 5.73 Å². The van der Waals surface area contributed by atoms with Crippen molar-refractivity contribution in [2.75, 3.05) is 0 Å². The number of aromatic nitrogens is 1. The fourth-order valence-corrected chi connectivity index (χ4v) is 2.75. The predicted octanol–water partition coefficient (Wildman–Crippen LogP) is 1.76. The molecule has 0 bridgehead atoms. The Bertz CT molecular complexity index is 348. The van der Waals surface area contributed by atoms with Crippen LogP contribution in [0.2, 0.25) is 0 Å². The molecule has 0 radical (unpaired) electrons. The van der Waals surface area contributed by atoms with E-state index < -0.39 is 0 Å². The van der Waals surface area contributed by atoms with E-state index in [1.807, 2.05) is 6.92 Å². The van der Waals surface area contributed by atoms with Gasteiger partial charge in [-0.2, -0.15) is 0 Å². The predicted molar refractivity (Wildman–Crippen MR) is 56.5 cm³/mol. The summed E-state index contributed by atoms with van der Waals surface area (Å²) >= 11 is 1.47. The van der Waals surface area contributed by atoms with Crippen LogP contribution in [0.5, 0.6) is 0 Å². The lowest BCUT2D eigenvalue weighted by Gasteiger charge is -2.11. The molecule has 1 aromatic heterocycles. The first kappa shape index (κ1) is 9.80. The standard InChI is InChI=1S/C10H14N2OS/c1-6-12-5-9(14-6)10(13)7-3-2-4-8(7)11/h5,7-8H,2-4,11H2,1H3. The molecule has 1 fully saturated rings. The second kappa shape index (κ2) is 3.79. The van der Waals surface area contributed by atoms with Crippen LogP contribution in [0, 0.1) is 12.8 Å². The van der Waals surface area contributed by atoms with Crippen molar-refractivity contribution in [2.24, 2.45) is 11.7 Å². The van der Waals surface area contributed by atoms with E-state index in [1.165, 1.54) is 11.3 Å². The Labute approximate surface area is 87.3 Å². The van der Waals surface area contributed by atoms with Gasteiger partial charge in [0.2, 0.25) is 0 Å². The molecule has 2 atom stereocenters. The average Bonchev–Trinajstić information content (AvgIpc) is 2.73. The fraction of sp³-hybridized carbons (Fsp3) is 0.600. The van der Waals surface area contributed by atoms with E-state index in [1.54, 1.807) is 6.20 Å². The maximum absolute atomic E-state index is 12.0. The number of hydrogen-bond acceptors (Lipinski definition) is 4. The molecule has 76 valence electrons. The number of rotatable bonds is 2. The summed E-state index contributed by atoms with van der Waals surface area (Å²) < 4.78 is 0. The Hall–Kier alpha value is -0.740. The highest BCUT2D eigenvalue weighted by molar-refractivity contribution is 7.13. The average molecular weight is 210 g/mol. The van der Waals surface area contributed by atoms with Crippen molar-refractivity contribution in [3.05, 3.63) is 16.1 Å². The van der Waals surface area contributed by atoms with Crippen molar-refractivity contribution in [3.63, 3.8) is 0 Å². The molecule has 2 rings (SSSR count). The summed E-state index contributed by atoms with van der Waals surface area (Å²) in [5, 5.41) is 0.944. The van der Waals surface area contributed by atoms with Crippen LogP contribution in [-0.2, 0) is 0 Å². The molecular weight excluding hydrogens is 196 g/mol. The van der Waals surface area contributed by atoms with Crippen LogP contribution in [0.3, 0.4) is 0 Å². The minimum absolute atomic E-state index is 0.0369. The largest absolute Gasteiger partial charge is 0.327 e. The van der Waals surface area contributed by atoms with Gasteiger partial charge in [0.15, 0.2) is 5.78 Å². The number of hydrogen-bond donors (Lipinski definition) is 1. The third-order valence-corrected chi connectivity index (χ3v) is 3.70. The monoisotopic (exact) mass is 210 g/mol. The SMILES string of the molecule is Cc1ncc(C(=O)C2CCCC2N)s1. The van der Waals surface area contributed by atoms with E-state index in [0.717, 1.165) is 29.1 Å². The molecule has 1 aromatic rings. The highest BCUT2D eigenvalue weighted by atomic mass is 32.1. The van der Waals surface area contributed by atoms with Crippen LogP contribution in [0.4, 0.5) is 0 Å². The molecule has 2 unspecified atom stereocenters. The second-order valence-corrected chi connectivity index (χ2v) is 5.04. The quantitative estimate of drug-likeness (QED) is 0.757. The highest BCUT2D eigenvalue weighted by Crippen LogP contribution is 2.28. The lowest BCUT2D eigenvalue weighted by molar-refractivity contribution is 0.0917. The molecule has 0 spiro atoms. The van der Waals surface area contributed by atoms with Crippen molar-refractivity contribution < 1.29 is 4.79 Å². The highest BCUT2D eigenvalue weighted by Gasteiger charge is 2.31. The minimum atomic E-state index is 0.0369. The maximum atomic E-state index is 12.0. The van der Waals surface area contributed by atoms with Crippen molar-refractivity contribution in [3.8, 4) is 0 Å². The van der Waals surface area contributed by atoms with Gasteiger partial charge in [-0.3, -0.25) is 4.79 Å². The molecule has 0 aliphatic heterocycles. The van der Waals surface area contributed by atoms with Gasteiger partial charge in [0, 0.05) is 18.2 Å². The third-order valence-electron chi connectivity index (χ3n) is 2.77. The van der Waals surface area contributed by atoms with Gasteiger partial charge < -0.3 is 5.73 Å². The Morgan fingerprint density at radius 1 is 1.64 bits per heavy atom. The Morgan fingerprint density at radius 2 is 2.43 bits per heavy atom. The summed E-state index contributed by atoms with van der Waals surface area (Å²) in [4.78, 5) is 16.8.